The number of aryl methyl sites for hydroxylation is 1. The fourth-order valence-electron chi connectivity index (χ4n) is 3.04. The molecule has 1 heterocycles. The van der Waals surface area contributed by atoms with Crippen molar-refractivity contribution in [2.45, 2.75) is 37.3 Å². The van der Waals surface area contributed by atoms with Crippen molar-refractivity contribution in [3.8, 4) is 5.75 Å². The Morgan fingerprint density at radius 2 is 2.00 bits per heavy atom. The van der Waals surface area contributed by atoms with E-state index >= 15 is 0 Å². The molecule has 29 heavy (non-hydrogen) atoms. The van der Waals surface area contributed by atoms with Gasteiger partial charge in [0, 0.05) is 19.7 Å². The van der Waals surface area contributed by atoms with Gasteiger partial charge in [-0.15, -0.1) is 0 Å². The molecule has 1 aliphatic heterocycles. The maximum Gasteiger partial charge on any atom is 0.258 e. The second kappa shape index (κ2) is 9.87. The van der Waals surface area contributed by atoms with E-state index in [1.54, 1.807) is 13.0 Å². The van der Waals surface area contributed by atoms with Gasteiger partial charge < -0.3 is 14.8 Å². The number of rotatable bonds is 9. The largest absolute Gasteiger partial charge is 0.484 e. The average molecular weight is 419 g/mol. The van der Waals surface area contributed by atoms with Crippen LogP contribution in [0.4, 0.5) is 0 Å². The average Bonchev–Trinajstić information content (AvgIpc) is 3.24. The molecule has 0 aliphatic carbocycles. The minimum atomic E-state index is -3.65. The van der Waals surface area contributed by atoms with Gasteiger partial charge in [0.05, 0.1) is 11.0 Å². The molecule has 156 valence electrons. The summed E-state index contributed by atoms with van der Waals surface area (Å²) in [7, 11) is -3.65. The Labute approximate surface area is 171 Å². The van der Waals surface area contributed by atoms with E-state index < -0.39 is 10.0 Å². The van der Waals surface area contributed by atoms with Gasteiger partial charge in [-0.1, -0.05) is 30.3 Å². The van der Waals surface area contributed by atoms with E-state index in [2.05, 4.69) is 10.0 Å². The highest BCUT2D eigenvalue weighted by atomic mass is 32.2. The first-order valence-corrected chi connectivity index (χ1v) is 11.1. The topological polar surface area (TPSA) is 93.7 Å². The molecule has 2 aromatic rings. The summed E-state index contributed by atoms with van der Waals surface area (Å²) in [4.78, 5) is 12.1. The maximum absolute atomic E-state index is 12.5. The molecule has 1 aliphatic rings. The number of carbonyl (C=O) groups is 1. The molecule has 0 radical (unpaired) electrons. The smallest absolute Gasteiger partial charge is 0.258 e. The first-order valence-electron chi connectivity index (χ1n) is 9.59. The van der Waals surface area contributed by atoms with Gasteiger partial charge in [-0.25, -0.2) is 13.1 Å². The lowest BCUT2D eigenvalue weighted by Crippen LogP contribution is -2.35. The molecule has 0 saturated carbocycles. The van der Waals surface area contributed by atoms with E-state index in [1.165, 1.54) is 12.1 Å². The molecule has 0 aromatic heterocycles. The number of carbonyl (C=O) groups excluding carboxylic acids is 1. The molecule has 0 bridgehead atoms. The third kappa shape index (κ3) is 6.28. The van der Waals surface area contributed by atoms with Gasteiger partial charge >= 0.3 is 0 Å². The van der Waals surface area contributed by atoms with Crippen LogP contribution in [0.5, 0.6) is 5.75 Å². The number of benzene rings is 2. The molecule has 0 spiro atoms. The Hall–Kier alpha value is -2.42. The van der Waals surface area contributed by atoms with E-state index in [-0.39, 0.29) is 30.1 Å². The summed E-state index contributed by atoms with van der Waals surface area (Å²) in [5, 5.41) is 2.79. The van der Waals surface area contributed by atoms with Crippen molar-refractivity contribution in [2.75, 3.05) is 19.8 Å². The summed E-state index contributed by atoms with van der Waals surface area (Å²) in [6.45, 7) is 3.05. The highest BCUT2D eigenvalue weighted by molar-refractivity contribution is 7.89. The Balaban J connectivity index is 1.52. The molecule has 8 heteroatoms. The summed E-state index contributed by atoms with van der Waals surface area (Å²) in [5.41, 5.74) is 1.52. The van der Waals surface area contributed by atoms with Crippen LogP contribution in [0.2, 0.25) is 0 Å². The first-order chi connectivity index (χ1) is 13.9. The van der Waals surface area contributed by atoms with Crippen LogP contribution in [-0.4, -0.2) is 40.2 Å². The third-order valence-electron chi connectivity index (χ3n) is 4.68. The summed E-state index contributed by atoms with van der Waals surface area (Å²) in [6.07, 6.45) is 2.05. The zero-order chi connectivity index (χ0) is 20.7. The zero-order valence-corrected chi connectivity index (χ0v) is 17.2. The second-order valence-corrected chi connectivity index (χ2v) is 8.73. The van der Waals surface area contributed by atoms with Crippen molar-refractivity contribution in [1.29, 1.82) is 0 Å². The predicted octanol–water partition coefficient (Wildman–Crippen LogP) is 2.15. The third-order valence-corrected chi connectivity index (χ3v) is 6.07. The summed E-state index contributed by atoms with van der Waals surface area (Å²) < 4.78 is 38.6. The van der Waals surface area contributed by atoms with Gasteiger partial charge in [0.2, 0.25) is 10.0 Å². The molecule has 3 rings (SSSR count). The highest BCUT2D eigenvalue weighted by Gasteiger charge is 2.17. The van der Waals surface area contributed by atoms with E-state index in [4.69, 9.17) is 9.47 Å². The minimum absolute atomic E-state index is 0.0774. The summed E-state index contributed by atoms with van der Waals surface area (Å²) in [5.74, 6) is 0.236. The van der Waals surface area contributed by atoms with Crippen molar-refractivity contribution in [1.82, 2.24) is 10.0 Å². The minimum Gasteiger partial charge on any atom is -0.484 e. The van der Waals surface area contributed by atoms with Crippen LogP contribution in [0.25, 0.3) is 0 Å². The number of hydrogen-bond acceptors (Lipinski definition) is 5. The molecule has 2 N–H and O–H groups in total. The van der Waals surface area contributed by atoms with E-state index in [0.29, 0.717) is 17.9 Å². The Morgan fingerprint density at radius 1 is 1.21 bits per heavy atom. The molecule has 1 amide bonds. The lowest BCUT2D eigenvalue weighted by Gasteiger charge is -2.13. The number of sulfonamides is 1. The highest BCUT2D eigenvalue weighted by Crippen LogP contribution is 2.22. The van der Waals surface area contributed by atoms with Gasteiger partial charge in [0.15, 0.2) is 6.61 Å². The van der Waals surface area contributed by atoms with Crippen molar-refractivity contribution >= 4 is 15.9 Å². The van der Waals surface area contributed by atoms with E-state index in [1.807, 2.05) is 30.3 Å². The van der Waals surface area contributed by atoms with Gasteiger partial charge in [-0.3, -0.25) is 4.79 Å². The summed E-state index contributed by atoms with van der Waals surface area (Å²) >= 11 is 0. The monoisotopic (exact) mass is 418 g/mol. The Morgan fingerprint density at radius 3 is 2.69 bits per heavy atom. The Kier molecular flexibility index (Phi) is 7.24. The van der Waals surface area contributed by atoms with E-state index in [9.17, 15) is 13.2 Å². The number of nitrogens with one attached hydrogen (secondary N) is 2. The predicted molar refractivity (Wildman–Crippen MR) is 109 cm³/mol. The first kappa shape index (κ1) is 21.3. The number of hydrogen-bond donors (Lipinski definition) is 2. The lowest BCUT2D eigenvalue weighted by molar-refractivity contribution is -0.123. The maximum atomic E-state index is 12.5. The van der Waals surface area contributed by atoms with Crippen LogP contribution < -0.4 is 14.8 Å². The normalized spacial score (nSPS) is 16.5. The quantitative estimate of drug-likeness (QED) is 0.651. The summed E-state index contributed by atoms with van der Waals surface area (Å²) in [6, 6.07) is 13.9. The van der Waals surface area contributed by atoms with Crippen LogP contribution in [0, 0.1) is 6.92 Å². The van der Waals surface area contributed by atoms with Gasteiger partial charge in [-0.2, -0.15) is 0 Å². The van der Waals surface area contributed by atoms with Crippen LogP contribution in [-0.2, 0) is 26.1 Å². The zero-order valence-electron chi connectivity index (χ0n) is 16.4. The second-order valence-electron chi connectivity index (χ2n) is 6.97. The van der Waals surface area contributed by atoms with Gasteiger partial charge in [0.25, 0.3) is 5.91 Å². The molecule has 2 aromatic carbocycles. The van der Waals surface area contributed by atoms with Crippen molar-refractivity contribution in [3.63, 3.8) is 0 Å². The molecule has 7 nitrogen and oxygen atoms in total. The van der Waals surface area contributed by atoms with Crippen LogP contribution in [0.3, 0.4) is 0 Å². The fourth-order valence-corrected chi connectivity index (χ4v) is 4.14. The van der Waals surface area contributed by atoms with Crippen LogP contribution >= 0.6 is 0 Å². The van der Waals surface area contributed by atoms with Crippen molar-refractivity contribution in [3.05, 3.63) is 59.7 Å². The number of ether oxygens (including phenoxy) is 2. The van der Waals surface area contributed by atoms with Crippen molar-refractivity contribution < 1.29 is 22.7 Å². The van der Waals surface area contributed by atoms with Crippen LogP contribution in [0.1, 0.15) is 24.0 Å². The van der Waals surface area contributed by atoms with Gasteiger partial charge in [0.1, 0.15) is 5.75 Å². The van der Waals surface area contributed by atoms with Gasteiger partial charge in [-0.05, 0) is 49.1 Å². The molecule has 1 atom stereocenters. The molecule has 1 fully saturated rings. The molecule has 1 saturated heterocycles. The SMILES string of the molecule is Cc1cc(S(=O)(=O)NCc2ccccc2)ccc1OCC(=O)NC[C@H]1CCCO1. The molecule has 0 unspecified atom stereocenters. The molecular formula is C21H26N2O5S. The van der Waals surface area contributed by atoms with Crippen LogP contribution in [0.15, 0.2) is 53.4 Å². The van der Waals surface area contributed by atoms with E-state index in [0.717, 1.165) is 25.0 Å². The fraction of sp³-hybridized carbons (Fsp3) is 0.381. The number of amides is 1. The Bertz CT molecular complexity index is 925. The standard InChI is InChI=1S/C21H26N2O5S/c1-16-12-19(29(25,26)23-13-17-6-3-2-4-7-17)9-10-20(16)28-15-21(24)22-14-18-8-5-11-27-18/h2-4,6-7,9-10,12,18,23H,5,8,11,13-15H2,1H3,(H,22,24)/t18-/m1/s1. The van der Waals surface area contributed by atoms with Crippen molar-refractivity contribution in [2.24, 2.45) is 0 Å². The lowest BCUT2D eigenvalue weighted by atomic mass is 10.2. The molecular weight excluding hydrogens is 392 g/mol.